The molecule has 1 N–H and O–H groups in total. The first kappa shape index (κ1) is 22.4. The molecular weight excluding hydrogens is 407 g/mol. The molecule has 1 rings (SSSR count). The van der Waals surface area contributed by atoms with Crippen molar-refractivity contribution >= 4 is 35.8 Å². The van der Waals surface area contributed by atoms with Crippen LogP contribution in [0.15, 0.2) is 4.99 Å². The predicted octanol–water partition coefficient (Wildman–Crippen LogP) is 1.80. The minimum Gasteiger partial charge on any atom is -0.381 e. The molecule has 1 fully saturated rings. The average Bonchev–Trinajstić information content (AvgIpc) is 2.52. The van der Waals surface area contributed by atoms with Crippen LogP contribution in [0.3, 0.4) is 0 Å². The molecule has 0 radical (unpaired) electrons. The third-order valence-electron chi connectivity index (χ3n) is 4.00. The third-order valence-corrected chi connectivity index (χ3v) is 4.00. The second-order valence-electron chi connectivity index (χ2n) is 6.04. The van der Waals surface area contributed by atoms with Crippen molar-refractivity contribution in [2.45, 2.75) is 32.6 Å². The summed E-state index contributed by atoms with van der Waals surface area (Å²) in [6.45, 7) is 6.21. The molecule has 0 saturated carbocycles. The molecule has 0 aromatic heterocycles. The second kappa shape index (κ2) is 12.8. The van der Waals surface area contributed by atoms with Crippen molar-refractivity contribution in [3.8, 4) is 0 Å². The molecule has 0 spiro atoms. The first-order valence-corrected chi connectivity index (χ1v) is 8.32. The average molecular weight is 440 g/mol. The van der Waals surface area contributed by atoms with E-state index in [0.717, 1.165) is 38.2 Å². The SMILES string of the molecule is CCNC(=NCCC(=O)N(C)C)N(C)CCC1CCOCC1.I. The summed E-state index contributed by atoms with van der Waals surface area (Å²) >= 11 is 0. The van der Waals surface area contributed by atoms with Crippen LogP contribution in [0, 0.1) is 5.92 Å². The van der Waals surface area contributed by atoms with Gasteiger partial charge in [0, 0.05) is 53.9 Å². The molecule has 6 nitrogen and oxygen atoms in total. The Bertz CT molecular complexity index is 358. The van der Waals surface area contributed by atoms with Crippen molar-refractivity contribution < 1.29 is 9.53 Å². The van der Waals surface area contributed by atoms with Crippen molar-refractivity contribution in [1.82, 2.24) is 15.1 Å². The van der Waals surface area contributed by atoms with Crippen LogP contribution in [-0.4, -0.2) is 75.7 Å². The summed E-state index contributed by atoms with van der Waals surface area (Å²) in [6.07, 6.45) is 3.95. The molecule has 0 aromatic carbocycles. The second-order valence-corrected chi connectivity index (χ2v) is 6.04. The van der Waals surface area contributed by atoms with Crippen LogP contribution in [0.1, 0.15) is 32.6 Å². The van der Waals surface area contributed by atoms with Gasteiger partial charge in [0.2, 0.25) is 5.91 Å². The predicted molar refractivity (Wildman–Crippen MR) is 105 cm³/mol. The first-order valence-electron chi connectivity index (χ1n) is 8.32. The van der Waals surface area contributed by atoms with Gasteiger partial charge in [0.25, 0.3) is 0 Å². The molecule has 1 aliphatic rings. The van der Waals surface area contributed by atoms with E-state index >= 15 is 0 Å². The largest absolute Gasteiger partial charge is 0.381 e. The van der Waals surface area contributed by atoms with Gasteiger partial charge in [-0.2, -0.15) is 0 Å². The Balaban J connectivity index is 0.00000484. The molecule has 1 amide bonds. The van der Waals surface area contributed by atoms with Crippen LogP contribution in [-0.2, 0) is 9.53 Å². The van der Waals surface area contributed by atoms with Crippen LogP contribution >= 0.6 is 24.0 Å². The summed E-state index contributed by atoms with van der Waals surface area (Å²) in [5.74, 6) is 1.76. The number of carbonyl (C=O) groups is 1. The lowest BCUT2D eigenvalue weighted by Crippen LogP contribution is -2.40. The lowest BCUT2D eigenvalue weighted by molar-refractivity contribution is -0.128. The van der Waals surface area contributed by atoms with Crippen LogP contribution in [0.4, 0.5) is 0 Å². The van der Waals surface area contributed by atoms with Gasteiger partial charge in [-0.15, -0.1) is 24.0 Å². The Kier molecular flexibility index (Phi) is 12.5. The summed E-state index contributed by atoms with van der Waals surface area (Å²) in [4.78, 5) is 19.9. The number of nitrogens with one attached hydrogen (secondary N) is 1. The van der Waals surface area contributed by atoms with E-state index in [1.54, 1.807) is 19.0 Å². The molecule has 0 bridgehead atoms. The zero-order chi connectivity index (χ0) is 16.4. The Labute approximate surface area is 158 Å². The number of hydrogen-bond acceptors (Lipinski definition) is 3. The molecule has 1 aliphatic heterocycles. The minimum absolute atomic E-state index is 0. The maximum atomic E-state index is 11.6. The van der Waals surface area contributed by atoms with Gasteiger partial charge in [0.05, 0.1) is 6.54 Å². The van der Waals surface area contributed by atoms with Crippen molar-refractivity contribution in [3.63, 3.8) is 0 Å². The highest BCUT2D eigenvalue weighted by Crippen LogP contribution is 2.18. The zero-order valence-electron chi connectivity index (χ0n) is 15.0. The molecular formula is C16H33IN4O2. The van der Waals surface area contributed by atoms with E-state index in [2.05, 4.69) is 29.2 Å². The number of aliphatic imine (C=N–C) groups is 1. The molecule has 0 atom stereocenters. The van der Waals surface area contributed by atoms with Gasteiger partial charge >= 0.3 is 0 Å². The van der Waals surface area contributed by atoms with Gasteiger partial charge in [-0.25, -0.2) is 0 Å². The summed E-state index contributed by atoms with van der Waals surface area (Å²) < 4.78 is 5.40. The van der Waals surface area contributed by atoms with E-state index in [1.165, 1.54) is 19.3 Å². The number of amides is 1. The summed E-state index contributed by atoms with van der Waals surface area (Å²) in [7, 11) is 5.61. The number of halogens is 1. The number of nitrogens with zero attached hydrogens (tertiary/aromatic N) is 3. The lowest BCUT2D eigenvalue weighted by atomic mass is 9.96. The summed E-state index contributed by atoms with van der Waals surface area (Å²) in [5.41, 5.74) is 0. The molecule has 1 saturated heterocycles. The fourth-order valence-electron chi connectivity index (χ4n) is 2.47. The van der Waals surface area contributed by atoms with Crippen LogP contribution in [0.2, 0.25) is 0 Å². The van der Waals surface area contributed by atoms with E-state index in [-0.39, 0.29) is 29.9 Å². The van der Waals surface area contributed by atoms with E-state index < -0.39 is 0 Å². The molecule has 0 unspecified atom stereocenters. The van der Waals surface area contributed by atoms with E-state index in [0.29, 0.717) is 13.0 Å². The standard InChI is InChI=1S/C16H32N4O2.HI/c1-5-17-16(18-10-6-15(21)19(2)3)20(4)11-7-14-8-12-22-13-9-14;/h14H,5-13H2,1-4H3,(H,17,18);1H. The maximum absolute atomic E-state index is 11.6. The van der Waals surface area contributed by atoms with Crippen LogP contribution in [0.25, 0.3) is 0 Å². The maximum Gasteiger partial charge on any atom is 0.223 e. The highest BCUT2D eigenvalue weighted by molar-refractivity contribution is 14.0. The van der Waals surface area contributed by atoms with E-state index in [9.17, 15) is 4.79 Å². The van der Waals surface area contributed by atoms with Crippen molar-refractivity contribution in [2.24, 2.45) is 10.9 Å². The number of ether oxygens (including phenoxy) is 1. The van der Waals surface area contributed by atoms with Gasteiger partial charge in [0.1, 0.15) is 0 Å². The Morgan fingerprint density at radius 3 is 2.48 bits per heavy atom. The fourth-order valence-corrected chi connectivity index (χ4v) is 2.47. The molecule has 1 heterocycles. The molecule has 136 valence electrons. The van der Waals surface area contributed by atoms with Gasteiger partial charge in [-0.1, -0.05) is 0 Å². The fraction of sp³-hybridized carbons (Fsp3) is 0.875. The van der Waals surface area contributed by atoms with Crippen molar-refractivity contribution in [1.29, 1.82) is 0 Å². The van der Waals surface area contributed by atoms with Crippen molar-refractivity contribution in [3.05, 3.63) is 0 Å². The molecule has 0 aliphatic carbocycles. The number of guanidine groups is 1. The van der Waals surface area contributed by atoms with E-state index in [1.807, 2.05) is 0 Å². The topological polar surface area (TPSA) is 57.2 Å². The van der Waals surface area contributed by atoms with Gasteiger partial charge < -0.3 is 19.9 Å². The highest BCUT2D eigenvalue weighted by Gasteiger charge is 2.15. The molecule has 7 heteroatoms. The molecule has 0 aromatic rings. The van der Waals surface area contributed by atoms with Crippen LogP contribution < -0.4 is 5.32 Å². The van der Waals surface area contributed by atoms with Gasteiger partial charge in [-0.05, 0) is 32.1 Å². The van der Waals surface area contributed by atoms with Gasteiger partial charge in [0.15, 0.2) is 5.96 Å². The lowest BCUT2D eigenvalue weighted by Gasteiger charge is -2.26. The number of carbonyl (C=O) groups excluding carboxylic acids is 1. The highest BCUT2D eigenvalue weighted by atomic mass is 127. The van der Waals surface area contributed by atoms with E-state index in [4.69, 9.17) is 4.74 Å². The Morgan fingerprint density at radius 2 is 1.91 bits per heavy atom. The summed E-state index contributed by atoms with van der Waals surface area (Å²) in [6, 6.07) is 0. The Hall–Kier alpha value is -0.570. The molecule has 23 heavy (non-hydrogen) atoms. The smallest absolute Gasteiger partial charge is 0.223 e. The Morgan fingerprint density at radius 1 is 1.26 bits per heavy atom. The quantitative estimate of drug-likeness (QED) is 0.373. The first-order chi connectivity index (χ1) is 10.5. The number of hydrogen-bond donors (Lipinski definition) is 1. The van der Waals surface area contributed by atoms with Crippen LogP contribution in [0.5, 0.6) is 0 Å². The third kappa shape index (κ3) is 9.34. The monoisotopic (exact) mass is 440 g/mol. The van der Waals surface area contributed by atoms with Gasteiger partial charge in [-0.3, -0.25) is 9.79 Å². The van der Waals surface area contributed by atoms with Crippen molar-refractivity contribution in [2.75, 3.05) is 54.0 Å². The zero-order valence-corrected chi connectivity index (χ0v) is 17.3. The number of rotatable bonds is 7. The minimum atomic E-state index is 0. The summed E-state index contributed by atoms with van der Waals surface area (Å²) in [5, 5.41) is 3.30. The normalized spacial score (nSPS) is 15.7.